The summed E-state index contributed by atoms with van der Waals surface area (Å²) >= 11 is 0. The first-order chi connectivity index (χ1) is 9.34. The Balaban J connectivity index is 1.98. The lowest BCUT2D eigenvalue weighted by Crippen LogP contribution is -1.85. The maximum atomic E-state index is 9.82. The van der Waals surface area contributed by atoms with E-state index in [0.29, 0.717) is 0 Å². The van der Waals surface area contributed by atoms with Crippen LogP contribution in [0, 0.1) is 0 Å². The molecule has 0 spiro atoms. The van der Waals surface area contributed by atoms with Gasteiger partial charge in [0, 0.05) is 22.9 Å². The highest BCUT2D eigenvalue weighted by Gasteiger charge is 2.04. The standard InChI is InChI=1S/C17H13NO/c19-17-9-5-4-8-15(17)14-10-11-16(18-12-14)13-6-2-1-3-7-13/h1-12,19H. The van der Waals surface area contributed by atoms with Crippen LogP contribution in [-0.2, 0) is 0 Å². The Kier molecular flexibility index (Phi) is 2.99. The topological polar surface area (TPSA) is 33.1 Å². The smallest absolute Gasteiger partial charge is 0.123 e. The molecule has 0 aliphatic rings. The van der Waals surface area contributed by atoms with E-state index in [1.807, 2.05) is 60.7 Å². The normalized spacial score (nSPS) is 10.3. The molecule has 1 N–H and O–H groups in total. The summed E-state index contributed by atoms with van der Waals surface area (Å²) in [5.74, 6) is 0.275. The third kappa shape index (κ3) is 2.33. The summed E-state index contributed by atoms with van der Waals surface area (Å²) in [7, 11) is 0. The molecule has 19 heavy (non-hydrogen) atoms. The lowest BCUT2D eigenvalue weighted by Gasteiger charge is -2.05. The van der Waals surface area contributed by atoms with Crippen LogP contribution in [0.1, 0.15) is 0 Å². The predicted octanol–water partition coefficient (Wildman–Crippen LogP) is 4.12. The van der Waals surface area contributed by atoms with E-state index >= 15 is 0 Å². The van der Waals surface area contributed by atoms with Gasteiger partial charge < -0.3 is 5.11 Å². The van der Waals surface area contributed by atoms with Gasteiger partial charge in [0.25, 0.3) is 0 Å². The van der Waals surface area contributed by atoms with Crippen LogP contribution in [0.15, 0.2) is 72.9 Å². The van der Waals surface area contributed by atoms with Gasteiger partial charge in [-0.05, 0) is 12.1 Å². The van der Waals surface area contributed by atoms with Crippen molar-refractivity contribution in [2.45, 2.75) is 0 Å². The minimum absolute atomic E-state index is 0.275. The van der Waals surface area contributed by atoms with E-state index in [4.69, 9.17) is 0 Å². The van der Waals surface area contributed by atoms with Crippen LogP contribution in [0.5, 0.6) is 5.75 Å². The van der Waals surface area contributed by atoms with E-state index in [0.717, 1.165) is 22.4 Å². The van der Waals surface area contributed by atoms with Crippen molar-refractivity contribution in [3.8, 4) is 28.1 Å². The molecule has 0 fully saturated rings. The quantitative estimate of drug-likeness (QED) is 0.738. The molecular weight excluding hydrogens is 234 g/mol. The molecule has 2 nitrogen and oxygen atoms in total. The Morgan fingerprint density at radius 3 is 2.11 bits per heavy atom. The van der Waals surface area contributed by atoms with Crippen LogP contribution >= 0.6 is 0 Å². The van der Waals surface area contributed by atoms with Gasteiger partial charge in [0.05, 0.1) is 5.69 Å². The molecule has 0 atom stereocenters. The molecule has 0 unspecified atom stereocenters. The second-order valence-electron chi connectivity index (χ2n) is 4.32. The van der Waals surface area contributed by atoms with Crippen molar-refractivity contribution in [3.63, 3.8) is 0 Å². The average molecular weight is 247 g/mol. The number of benzene rings is 2. The summed E-state index contributed by atoms with van der Waals surface area (Å²) in [6.07, 6.45) is 1.79. The second-order valence-corrected chi connectivity index (χ2v) is 4.32. The zero-order chi connectivity index (χ0) is 13.1. The molecule has 1 heterocycles. The Labute approximate surface area is 112 Å². The fourth-order valence-electron chi connectivity index (χ4n) is 2.05. The Morgan fingerprint density at radius 1 is 0.684 bits per heavy atom. The van der Waals surface area contributed by atoms with Gasteiger partial charge in [-0.1, -0.05) is 54.6 Å². The third-order valence-corrected chi connectivity index (χ3v) is 3.05. The summed E-state index contributed by atoms with van der Waals surface area (Å²) in [6, 6.07) is 21.3. The van der Waals surface area contributed by atoms with Gasteiger partial charge >= 0.3 is 0 Å². The second kappa shape index (κ2) is 4.94. The summed E-state index contributed by atoms with van der Waals surface area (Å²) in [5.41, 5.74) is 3.73. The Bertz CT molecular complexity index is 675. The zero-order valence-electron chi connectivity index (χ0n) is 10.3. The number of aromatic nitrogens is 1. The SMILES string of the molecule is Oc1ccccc1-c1ccc(-c2ccccc2)nc1. The van der Waals surface area contributed by atoms with Crippen molar-refractivity contribution in [3.05, 3.63) is 72.9 Å². The largest absolute Gasteiger partial charge is 0.507 e. The van der Waals surface area contributed by atoms with Crippen LogP contribution in [0.4, 0.5) is 0 Å². The minimum Gasteiger partial charge on any atom is -0.507 e. The fraction of sp³-hybridized carbons (Fsp3) is 0. The monoisotopic (exact) mass is 247 g/mol. The summed E-state index contributed by atoms with van der Waals surface area (Å²) < 4.78 is 0. The van der Waals surface area contributed by atoms with Crippen molar-refractivity contribution in [2.75, 3.05) is 0 Å². The fourth-order valence-corrected chi connectivity index (χ4v) is 2.05. The van der Waals surface area contributed by atoms with Gasteiger partial charge in [0.15, 0.2) is 0 Å². The molecule has 92 valence electrons. The van der Waals surface area contributed by atoms with Crippen LogP contribution in [0.3, 0.4) is 0 Å². The molecule has 0 aliphatic carbocycles. The van der Waals surface area contributed by atoms with Crippen LogP contribution in [0.2, 0.25) is 0 Å². The highest BCUT2D eigenvalue weighted by atomic mass is 16.3. The van der Waals surface area contributed by atoms with E-state index in [1.165, 1.54) is 0 Å². The number of para-hydroxylation sites is 1. The van der Waals surface area contributed by atoms with Crippen LogP contribution in [0.25, 0.3) is 22.4 Å². The molecule has 0 amide bonds. The first-order valence-corrected chi connectivity index (χ1v) is 6.14. The lowest BCUT2D eigenvalue weighted by molar-refractivity contribution is 0.477. The molecular formula is C17H13NO. The summed E-state index contributed by atoms with van der Waals surface area (Å²) in [6.45, 7) is 0. The van der Waals surface area contributed by atoms with Gasteiger partial charge in [-0.3, -0.25) is 4.98 Å². The van der Waals surface area contributed by atoms with Gasteiger partial charge in [-0.25, -0.2) is 0 Å². The van der Waals surface area contributed by atoms with E-state index in [9.17, 15) is 5.11 Å². The van der Waals surface area contributed by atoms with E-state index < -0.39 is 0 Å². The molecule has 0 bridgehead atoms. The predicted molar refractivity (Wildman–Crippen MR) is 76.8 cm³/mol. The van der Waals surface area contributed by atoms with Gasteiger partial charge in [-0.2, -0.15) is 0 Å². The van der Waals surface area contributed by atoms with Crippen LogP contribution in [-0.4, -0.2) is 10.1 Å². The first kappa shape index (κ1) is 11.5. The van der Waals surface area contributed by atoms with Crippen LogP contribution < -0.4 is 0 Å². The average Bonchev–Trinajstić information content (AvgIpc) is 2.49. The van der Waals surface area contributed by atoms with Gasteiger partial charge in [0.1, 0.15) is 5.75 Å². The summed E-state index contributed by atoms with van der Waals surface area (Å²) in [4.78, 5) is 4.46. The maximum Gasteiger partial charge on any atom is 0.123 e. The number of rotatable bonds is 2. The number of pyridine rings is 1. The number of hydrogen-bond acceptors (Lipinski definition) is 2. The minimum atomic E-state index is 0.275. The van der Waals surface area contributed by atoms with Crippen molar-refractivity contribution in [2.24, 2.45) is 0 Å². The molecule has 0 aliphatic heterocycles. The Morgan fingerprint density at radius 2 is 1.42 bits per heavy atom. The molecule has 0 saturated carbocycles. The lowest BCUT2D eigenvalue weighted by atomic mass is 10.1. The summed E-state index contributed by atoms with van der Waals surface area (Å²) in [5, 5.41) is 9.82. The molecule has 2 heteroatoms. The molecule has 1 aromatic heterocycles. The number of nitrogens with zero attached hydrogens (tertiary/aromatic N) is 1. The van der Waals surface area contributed by atoms with Crippen molar-refractivity contribution in [1.82, 2.24) is 4.98 Å². The number of hydrogen-bond donors (Lipinski definition) is 1. The first-order valence-electron chi connectivity index (χ1n) is 6.14. The molecule has 2 aromatic carbocycles. The van der Waals surface area contributed by atoms with Gasteiger partial charge in [0.2, 0.25) is 0 Å². The van der Waals surface area contributed by atoms with Crippen molar-refractivity contribution < 1.29 is 5.11 Å². The number of phenols is 1. The Hall–Kier alpha value is -2.61. The zero-order valence-corrected chi connectivity index (χ0v) is 10.3. The van der Waals surface area contributed by atoms with E-state index in [2.05, 4.69) is 4.98 Å². The highest BCUT2D eigenvalue weighted by Crippen LogP contribution is 2.29. The molecule has 3 rings (SSSR count). The highest BCUT2D eigenvalue weighted by molar-refractivity contribution is 5.71. The maximum absolute atomic E-state index is 9.82. The van der Waals surface area contributed by atoms with Crippen molar-refractivity contribution in [1.29, 1.82) is 0 Å². The molecule has 3 aromatic rings. The number of phenolic OH excluding ortho intramolecular Hbond substituents is 1. The van der Waals surface area contributed by atoms with Crippen molar-refractivity contribution >= 4 is 0 Å². The van der Waals surface area contributed by atoms with Gasteiger partial charge in [-0.15, -0.1) is 0 Å². The third-order valence-electron chi connectivity index (χ3n) is 3.05. The van der Waals surface area contributed by atoms with E-state index in [-0.39, 0.29) is 5.75 Å². The molecule has 0 saturated heterocycles. The van der Waals surface area contributed by atoms with E-state index in [1.54, 1.807) is 12.3 Å². The molecule has 0 radical (unpaired) electrons. The number of aromatic hydroxyl groups is 1.